The molecule has 2 atom stereocenters. The highest BCUT2D eigenvalue weighted by Gasteiger charge is 2.19. The molecule has 2 nitrogen and oxygen atoms in total. The van der Waals surface area contributed by atoms with Crippen molar-refractivity contribution < 1.29 is 5.11 Å². The molecule has 0 aliphatic rings. The van der Waals surface area contributed by atoms with Crippen LogP contribution in [0.5, 0.6) is 0 Å². The van der Waals surface area contributed by atoms with Crippen LogP contribution in [0.4, 0.5) is 0 Å². The first-order valence-electron chi connectivity index (χ1n) is 5.49. The van der Waals surface area contributed by atoms with E-state index < -0.39 is 0 Å². The van der Waals surface area contributed by atoms with E-state index in [1.54, 1.807) is 0 Å². The first-order chi connectivity index (χ1) is 6.58. The van der Waals surface area contributed by atoms with Gasteiger partial charge in [-0.1, -0.05) is 13.8 Å². The van der Waals surface area contributed by atoms with Gasteiger partial charge in [0.05, 0.1) is 6.61 Å². The van der Waals surface area contributed by atoms with Crippen LogP contribution < -0.4 is 5.32 Å². The van der Waals surface area contributed by atoms with Crippen molar-refractivity contribution in [1.29, 1.82) is 0 Å². The van der Waals surface area contributed by atoms with Gasteiger partial charge < -0.3 is 10.4 Å². The van der Waals surface area contributed by atoms with Gasteiger partial charge in [-0.25, -0.2) is 0 Å². The fraction of sp³-hybridized carbons (Fsp3) is 1.00. The van der Waals surface area contributed by atoms with Crippen molar-refractivity contribution in [3.8, 4) is 0 Å². The summed E-state index contributed by atoms with van der Waals surface area (Å²) >= 11 is 2.03. The van der Waals surface area contributed by atoms with Crippen LogP contribution in [0, 0.1) is 0 Å². The van der Waals surface area contributed by atoms with Crippen molar-refractivity contribution in [3.63, 3.8) is 0 Å². The predicted octanol–water partition coefficient (Wildman–Crippen LogP) is 2.27. The first kappa shape index (κ1) is 14.3. The Balaban J connectivity index is 3.52. The van der Waals surface area contributed by atoms with Crippen molar-refractivity contribution in [2.75, 3.05) is 19.4 Å². The second kappa shape index (κ2) is 7.55. The molecule has 0 saturated carbocycles. The lowest BCUT2D eigenvalue weighted by molar-refractivity contribution is 0.173. The number of nitrogens with one attached hydrogen (secondary N) is 1. The molecule has 0 aromatic heterocycles. The van der Waals surface area contributed by atoms with E-state index in [1.165, 1.54) is 18.6 Å². The average molecular weight is 219 g/mol. The number of likely N-dealkylation sites (N-methyl/N-ethyl adjacent to an activating group) is 1. The highest BCUT2D eigenvalue weighted by atomic mass is 32.2. The van der Waals surface area contributed by atoms with Crippen molar-refractivity contribution >= 4 is 11.8 Å². The SMILES string of the molecule is CCC(C)SCCCC(C)(CO)NC. The third-order valence-electron chi connectivity index (χ3n) is 2.80. The van der Waals surface area contributed by atoms with Gasteiger partial charge in [-0.2, -0.15) is 11.8 Å². The molecule has 0 bridgehead atoms. The summed E-state index contributed by atoms with van der Waals surface area (Å²) in [7, 11) is 1.91. The van der Waals surface area contributed by atoms with Crippen LogP contribution in [0.25, 0.3) is 0 Å². The van der Waals surface area contributed by atoms with Gasteiger partial charge in [-0.15, -0.1) is 0 Å². The van der Waals surface area contributed by atoms with Gasteiger partial charge in [-0.05, 0) is 39.0 Å². The minimum absolute atomic E-state index is 0.0873. The second-order valence-corrected chi connectivity index (χ2v) is 5.71. The molecule has 14 heavy (non-hydrogen) atoms. The molecular formula is C11H25NOS. The molecule has 0 aliphatic heterocycles. The van der Waals surface area contributed by atoms with E-state index >= 15 is 0 Å². The van der Waals surface area contributed by atoms with E-state index in [-0.39, 0.29) is 12.1 Å². The van der Waals surface area contributed by atoms with Crippen LogP contribution >= 0.6 is 11.8 Å². The molecule has 0 radical (unpaired) electrons. The van der Waals surface area contributed by atoms with E-state index in [9.17, 15) is 5.11 Å². The molecule has 0 aromatic carbocycles. The lowest BCUT2D eigenvalue weighted by Gasteiger charge is -2.26. The van der Waals surface area contributed by atoms with Crippen LogP contribution in [0.3, 0.4) is 0 Å². The highest BCUT2D eigenvalue weighted by Crippen LogP contribution is 2.18. The Labute approximate surface area is 92.9 Å². The molecule has 2 N–H and O–H groups in total. The smallest absolute Gasteiger partial charge is 0.0610 e. The zero-order valence-corrected chi connectivity index (χ0v) is 10.8. The predicted molar refractivity (Wildman–Crippen MR) is 66.0 cm³/mol. The minimum Gasteiger partial charge on any atom is -0.394 e. The largest absolute Gasteiger partial charge is 0.394 e. The van der Waals surface area contributed by atoms with E-state index in [4.69, 9.17) is 0 Å². The molecule has 86 valence electrons. The highest BCUT2D eigenvalue weighted by molar-refractivity contribution is 7.99. The summed E-state index contributed by atoms with van der Waals surface area (Å²) in [6, 6.07) is 0. The Morgan fingerprint density at radius 2 is 2.14 bits per heavy atom. The van der Waals surface area contributed by atoms with Crippen molar-refractivity contribution in [2.45, 2.75) is 50.8 Å². The normalized spacial score (nSPS) is 17.8. The molecule has 3 heteroatoms. The second-order valence-electron chi connectivity index (χ2n) is 4.16. The molecule has 0 rings (SSSR count). The number of aliphatic hydroxyl groups is 1. The van der Waals surface area contributed by atoms with Crippen molar-refractivity contribution in [2.24, 2.45) is 0 Å². The zero-order valence-electron chi connectivity index (χ0n) is 9.97. The number of hydrogen-bond donors (Lipinski definition) is 2. The number of hydrogen-bond acceptors (Lipinski definition) is 3. The minimum atomic E-state index is -0.0873. The fourth-order valence-electron chi connectivity index (χ4n) is 1.15. The lowest BCUT2D eigenvalue weighted by Crippen LogP contribution is -2.43. The lowest BCUT2D eigenvalue weighted by atomic mass is 9.98. The average Bonchev–Trinajstić information content (AvgIpc) is 2.23. The Hall–Kier alpha value is 0.270. The summed E-state index contributed by atoms with van der Waals surface area (Å²) in [6.45, 7) is 6.79. The summed E-state index contributed by atoms with van der Waals surface area (Å²) in [4.78, 5) is 0. The monoisotopic (exact) mass is 219 g/mol. The van der Waals surface area contributed by atoms with Crippen LogP contribution in [0.2, 0.25) is 0 Å². The van der Waals surface area contributed by atoms with E-state index in [1.807, 2.05) is 18.8 Å². The number of aliphatic hydroxyl groups excluding tert-OH is 1. The van der Waals surface area contributed by atoms with Crippen molar-refractivity contribution in [3.05, 3.63) is 0 Å². The van der Waals surface area contributed by atoms with E-state index in [0.717, 1.165) is 11.7 Å². The molecule has 0 heterocycles. The van der Waals surface area contributed by atoms with Gasteiger partial charge in [0.1, 0.15) is 0 Å². The van der Waals surface area contributed by atoms with Gasteiger partial charge >= 0.3 is 0 Å². The third kappa shape index (κ3) is 5.89. The maximum Gasteiger partial charge on any atom is 0.0610 e. The maximum atomic E-state index is 9.17. The number of thioether (sulfide) groups is 1. The fourth-order valence-corrected chi connectivity index (χ4v) is 2.10. The third-order valence-corrected chi connectivity index (χ3v) is 4.23. The van der Waals surface area contributed by atoms with Crippen LogP contribution in [0.1, 0.15) is 40.0 Å². The number of rotatable bonds is 8. The maximum absolute atomic E-state index is 9.17. The van der Waals surface area contributed by atoms with Crippen LogP contribution in [0.15, 0.2) is 0 Å². The molecule has 0 saturated heterocycles. The van der Waals surface area contributed by atoms with Gasteiger partial charge in [0, 0.05) is 10.8 Å². The Morgan fingerprint density at radius 1 is 1.50 bits per heavy atom. The Morgan fingerprint density at radius 3 is 2.57 bits per heavy atom. The molecule has 0 aromatic rings. The summed E-state index contributed by atoms with van der Waals surface area (Å²) in [5.74, 6) is 1.20. The van der Waals surface area contributed by atoms with Crippen LogP contribution in [-0.2, 0) is 0 Å². The van der Waals surface area contributed by atoms with E-state index in [2.05, 4.69) is 26.1 Å². The molecule has 0 aliphatic carbocycles. The Kier molecular flexibility index (Phi) is 7.69. The van der Waals surface area contributed by atoms with E-state index in [0.29, 0.717) is 0 Å². The van der Waals surface area contributed by atoms with Gasteiger partial charge in [-0.3, -0.25) is 0 Å². The summed E-state index contributed by atoms with van der Waals surface area (Å²) in [5, 5.41) is 13.1. The molecule has 2 unspecified atom stereocenters. The Bertz CT molecular complexity index is 137. The zero-order chi connectivity index (χ0) is 11.0. The molecule has 0 amide bonds. The molecule has 0 fully saturated rings. The van der Waals surface area contributed by atoms with Crippen LogP contribution in [-0.4, -0.2) is 35.3 Å². The first-order valence-corrected chi connectivity index (χ1v) is 6.54. The van der Waals surface area contributed by atoms with Gasteiger partial charge in [0.2, 0.25) is 0 Å². The standard InChI is InChI=1S/C11H25NOS/c1-5-10(2)14-8-6-7-11(3,9-13)12-4/h10,12-13H,5-9H2,1-4H3. The van der Waals surface area contributed by atoms with Crippen molar-refractivity contribution in [1.82, 2.24) is 5.32 Å². The summed E-state index contributed by atoms with van der Waals surface area (Å²) in [6.07, 6.45) is 3.46. The molecular weight excluding hydrogens is 194 g/mol. The summed E-state index contributed by atoms with van der Waals surface area (Å²) in [5.41, 5.74) is -0.0873. The van der Waals surface area contributed by atoms with Gasteiger partial charge in [0.15, 0.2) is 0 Å². The summed E-state index contributed by atoms with van der Waals surface area (Å²) < 4.78 is 0. The quantitative estimate of drug-likeness (QED) is 0.614. The van der Waals surface area contributed by atoms with Gasteiger partial charge in [0.25, 0.3) is 0 Å². The topological polar surface area (TPSA) is 32.3 Å². The molecule has 0 spiro atoms.